The van der Waals surface area contributed by atoms with Crippen molar-refractivity contribution in [3.63, 3.8) is 0 Å². The van der Waals surface area contributed by atoms with E-state index in [1.165, 1.54) is 25.7 Å². The van der Waals surface area contributed by atoms with Gasteiger partial charge in [-0.25, -0.2) is 4.39 Å². The van der Waals surface area contributed by atoms with E-state index >= 15 is 0 Å². The molecular weight excluding hydrogens is 293 g/mol. The summed E-state index contributed by atoms with van der Waals surface area (Å²) < 4.78 is 14.0. The average Bonchev–Trinajstić information content (AvgIpc) is 3.17. The van der Waals surface area contributed by atoms with Gasteiger partial charge in [0.25, 0.3) is 0 Å². The highest BCUT2D eigenvalue weighted by molar-refractivity contribution is 9.10. The van der Waals surface area contributed by atoms with Crippen LogP contribution < -0.4 is 5.32 Å². The van der Waals surface area contributed by atoms with Gasteiger partial charge in [-0.05, 0) is 62.1 Å². The molecular formula is C15H19BrFN. The van der Waals surface area contributed by atoms with Crippen molar-refractivity contribution in [2.45, 2.75) is 44.7 Å². The Kier molecular flexibility index (Phi) is 3.46. The Labute approximate surface area is 116 Å². The Balaban J connectivity index is 1.70. The summed E-state index contributed by atoms with van der Waals surface area (Å²) in [7, 11) is 0. The molecule has 1 atom stereocenters. The van der Waals surface area contributed by atoms with E-state index in [0.29, 0.717) is 6.04 Å². The molecule has 2 aliphatic carbocycles. The van der Waals surface area contributed by atoms with Crippen LogP contribution in [0.1, 0.15) is 44.2 Å². The van der Waals surface area contributed by atoms with Crippen LogP contribution >= 0.6 is 15.9 Å². The highest BCUT2D eigenvalue weighted by Crippen LogP contribution is 2.45. The van der Waals surface area contributed by atoms with Gasteiger partial charge in [-0.3, -0.25) is 0 Å². The third kappa shape index (κ3) is 2.77. The van der Waals surface area contributed by atoms with Gasteiger partial charge in [0, 0.05) is 16.6 Å². The van der Waals surface area contributed by atoms with Crippen LogP contribution in [0, 0.1) is 17.7 Å². The van der Waals surface area contributed by atoms with Crippen molar-refractivity contribution >= 4 is 15.9 Å². The lowest BCUT2D eigenvalue weighted by molar-refractivity contribution is 0.377. The fourth-order valence-electron chi connectivity index (χ4n) is 2.80. The molecule has 0 aliphatic heterocycles. The number of benzene rings is 1. The van der Waals surface area contributed by atoms with Crippen molar-refractivity contribution in [1.82, 2.24) is 5.32 Å². The fourth-order valence-corrected chi connectivity index (χ4v) is 3.49. The quantitative estimate of drug-likeness (QED) is 0.848. The van der Waals surface area contributed by atoms with Gasteiger partial charge in [0.05, 0.1) is 0 Å². The van der Waals surface area contributed by atoms with Crippen LogP contribution in [-0.2, 0) is 0 Å². The largest absolute Gasteiger partial charge is 0.307 e. The minimum absolute atomic E-state index is 0.182. The van der Waals surface area contributed by atoms with E-state index in [1.807, 2.05) is 6.07 Å². The number of rotatable bonds is 5. The van der Waals surface area contributed by atoms with Crippen LogP contribution in [0.4, 0.5) is 4.39 Å². The van der Waals surface area contributed by atoms with Crippen molar-refractivity contribution in [3.05, 3.63) is 34.1 Å². The lowest BCUT2D eigenvalue weighted by Gasteiger charge is -2.24. The summed E-state index contributed by atoms with van der Waals surface area (Å²) in [4.78, 5) is 0. The van der Waals surface area contributed by atoms with E-state index in [-0.39, 0.29) is 11.9 Å². The zero-order chi connectivity index (χ0) is 12.7. The van der Waals surface area contributed by atoms with E-state index in [4.69, 9.17) is 0 Å². The second-order valence-corrected chi connectivity index (χ2v) is 6.61. The number of hydrogen-bond donors (Lipinski definition) is 1. The second-order valence-electron chi connectivity index (χ2n) is 5.75. The molecule has 1 N–H and O–H groups in total. The lowest BCUT2D eigenvalue weighted by atomic mass is 10.0. The van der Waals surface area contributed by atoms with Gasteiger partial charge in [0.2, 0.25) is 0 Å². The first kappa shape index (κ1) is 12.6. The van der Waals surface area contributed by atoms with Gasteiger partial charge in [0.1, 0.15) is 5.82 Å². The number of hydrogen-bond acceptors (Lipinski definition) is 1. The molecule has 1 unspecified atom stereocenters. The summed E-state index contributed by atoms with van der Waals surface area (Å²) in [6.07, 6.45) is 5.52. The van der Waals surface area contributed by atoms with E-state index < -0.39 is 0 Å². The Bertz CT molecular complexity index is 428. The maximum Gasteiger partial charge on any atom is 0.124 e. The maximum absolute atomic E-state index is 13.1. The predicted molar refractivity (Wildman–Crippen MR) is 74.9 cm³/mol. The van der Waals surface area contributed by atoms with Gasteiger partial charge in [-0.1, -0.05) is 22.0 Å². The van der Waals surface area contributed by atoms with Crippen molar-refractivity contribution in [1.29, 1.82) is 0 Å². The lowest BCUT2D eigenvalue weighted by Crippen LogP contribution is -2.35. The third-order valence-corrected chi connectivity index (χ3v) is 4.82. The van der Waals surface area contributed by atoms with Gasteiger partial charge in [-0.15, -0.1) is 0 Å². The molecule has 3 heteroatoms. The van der Waals surface area contributed by atoms with Crippen molar-refractivity contribution < 1.29 is 4.39 Å². The molecule has 1 aromatic carbocycles. The van der Waals surface area contributed by atoms with Gasteiger partial charge < -0.3 is 5.32 Å². The Hall–Kier alpha value is -0.410. The molecule has 2 saturated carbocycles. The summed E-state index contributed by atoms with van der Waals surface area (Å²) in [6.45, 7) is 2.18. The summed E-state index contributed by atoms with van der Waals surface area (Å²) in [5, 5.41) is 3.76. The topological polar surface area (TPSA) is 12.0 Å². The Morgan fingerprint density at radius 2 is 1.83 bits per heavy atom. The van der Waals surface area contributed by atoms with E-state index in [9.17, 15) is 4.39 Å². The molecule has 3 rings (SSSR count). The Morgan fingerprint density at radius 1 is 1.22 bits per heavy atom. The van der Waals surface area contributed by atoms with Crippen molar-refractivity contribution in [2.75, 3.05) is 0 Å². The SMILES string of the molecule is CC(NC(C1CC1)C1CC1)c1ccc(F)cc1Br. The van der Waals surface area contributed by atoms with Crippen molar-refractivity contribution in [2.24, 2.45) is 11.8 Å². The fraction of sp³-hybridized carbons (Fsp3) is 0.600. The van der Waals surface area contributed by atoms with Crippen LogP contribution in [0.5, 0.6) is 0 Å². The van der Waals surface area contributed by atoms with Crippen LogP contribution in [0.2, 0.25) is 0 Å². The molecule has 1 nitrogen and oxygen atoms in total. The molecule has 0 heterocycles. The van der Waals surface area contributed by atoms with Gasteiger partial charge in [0.15, 0.2) is 0 Å². The van der Waals surface area contributed by atoms with Gasteiger partial charge >= 0.3 is 0 Å². The normalized spacial score (nSPS) is 21.3. The highest BCUT2D eigenvalue weighted by atomic mass is 79.9. The zero-order valence-corrected chi connectivity index (χ0v) is 12.2. The highest BCUT2D eigenvalue weighted by Gasteiger charge is 2.41. The molecule has 0 radical (unpaired) electrons. The molecule has 0 bridgehead atoms. The Morgan fingerprint density at radius 3 is 2.33 bits per heavy atom. The number of halogens is 2. The molecule has 0 spiro atoms. The summed E-state index contributed by atoms with van der Waals surface area (Å²) in [5.41, 5.74) is 1.16. The molecule has 98 valence electrons. The predicted octanol–water partition coefficient (Wildman–Crippen LogP) is 4.43. The second kappa shape index (κ2) is 4.93. The van der Waals surface area contributed by atoms with E-state index in [0.717, 1.165) is 21.9 Å². The molecule has 18 heavy (non-hydrogen) atoms. The van der Waals surface area contributed by atoms with Crippen LogP contribution in [0.25, 0.3) is 0 Å². The van der Waals surface area contributed by atoms with Gasteiger partial charge in [-0.2, -0.15) is 0 Å². The minimum Gasteiger partial charge on any atom is -0.307 e. The molecule has 0 aromatic heterocycles. The summed E-state index contributed by atoms with van der Waals surface area (Å²) in [6, 6.07) is 5.94. The molecule has 1 aromatic rings. The smallest absolute Gasteiger partial charge is 0.124 e. The van der Waals surface area contributed by atoms with Crippen LogP contribution in [0.3, 0.4) is 0 Å². The standard InChI is InChI=1S/C15H19BrFN/c1-9(13-7-6-12(17)8-14(13)16)18-15(10-2-3-10)11-4-5-11/h6-11,15,18H,2-5H2,1H3. The maximum atomic E-state index is 13.1. The first-order valence-corrected chi connectivity index (χ1v) is 7.65. The van der Waals surface area contributed by atoms with E-state index in [2.05, 4.69) is 28.2 Å². The summed E-state index contributed by atoms with van der Waals surface area (Å²) in [5.74, 6) is 1.59. The molecule has 2 fully saturated rings. The average molecular weight is 312 g/mol. The molecule has 2 aliphatic rings. The first-order chi connectivity index (χ1) is 8.65. The van der Waals surface area contributed by atoms with Crippen LogP contribution in [-0.4, -0.2) is 6.04 Å². The first-order valence-electron chi connectivity index (χ1n) is 6.86. The van der Waals surface area contributed by atoms with Crippen molar-refractivity contribution in [3.8, 4) is 0 Å². The van der Waals surface area contributed by atoms with E-state index in [1.54, 1.807) is 12.1 Å². The van der Waals surface area contributed by atoms with Crippen LogP contribution in [0.15, 0.2) is 22.7 Å². The zero-order valence-electron chi connectivity index (χ0n) is 10.6. The minimum atomic E-state index is -0.182. The number of nitrogens with one attached hydrogen (secondary N) is 1. The summed E-state index contributed by atoms with van der Waals surface area (Å²) >= 11 is 3.46. The third-order valence-electron chi connectivity index (χ3n) is 4.13. The monoisotopic (exact) mass is 311 g/mol. The molecule has 0 saturated heterocycles. The molecule has 0 amide bonds.